The molecule has 166 valence electrons. The summed E-state index contributed by atoms with van der Waals surface area (Å²) >= 11 is 0. The molecule has 1 aliphatic heterocycles. The van der Waals surface area contributed by atoms with Gasteiger partial charge in [0.1, 0.15) is 0 Å². The van der Waals surface area contributed by atoms with Crippen LogP contribution in [0.3, 0.4) is 0 Å². The Labute approximate surface area is 177 Å². The number of benzene rings is 1. The molecule has 1 aromatic rings. The highest BCUT2D eigenvalue weighted by Gasteiger charge is 2.32. The molecule has 0 aliphatic carbocycles. The lowest BCUT2D eigenvalue weighted by atomic mass is 10.1. The molecule has 2 amide bonds. The molecule has 0 bridgehead atoms. The normalized spacial score (nSPS) is 17.5. The maximum Gasteiger partial charge on any atom is 0.251 e. The van der Waals surface area contributed by atoms with Gasteiger partial charge in [0, 0.05) is 44.7 Å². The lowest BCUT2D eigenvalue weighted by Crippen LogP contribution is -2.36. The Kier molecular flexibility index (Phi) is 7.75. The van der Waals surface area contributed by atoms with Gasteiger partial charge < -0.3 is 10.2 Å². The van der Waals surface area contributed by atoms with Crippen molar-refractivity contribution >= 4 is 31.9 Å². The molecule has 1 aliphatic rings. The van der Waals surface area contributed by atoms with Crippen LogP contribution in [0.5, 0.6) is 0 Å². The molecule has 0 radical (unpaired) electrons. The molecule has 12 heteroatoms. The van der Waals surface area contributed by atoms with Gasteiger partial charge in [-0.3, -0.25) is 9.59 Å². The summed E-state index contributed by atoms with van der Waals surface area (Å²) < 4.78 is 52.2. The summed E-state index contributed by atoms with van der Waals surface area (Å²) in [6.07, 6.45) is 0.527. The zero-order valence-electron chi connectivity index (χ0n) is 16.9. The highest BCUT2D eigenvalue weighted by atomic mass is 32.2. The van der Waals surface area contributed by atoms with E-state index in [1.54, 1.807) is 14.1 Å². The van der Waals surface area contributed by atoms with Crippen molar-refractivity contribution in [3.05, 3.63) is 41.8 Å². The standard InChI is InChI=1S/C18H26N4O6S2/c1-4-29(25,26)20-11-14-9-10-22(13-14)30(27,28)16-7-5-15(6-8-16)18(24)19-12-17(23)21(2)3/h4-8,14,20H,1,9-13H2,2-3H3,(H,19,24)/t14-/m1/s1. The van der Waals surface area contributed by atoms with Crippen molar-refractivity contribution in [3.63, 3.8) is 0 Å². The van der Waals surface area contributed by atoms with Crippen molar-refractivity contribution < 1.29 is 26.4 Å². The zero-order valence-corrected chi connectivity index (χ0v) is 18.5. The number of rotatable bonds is 9. The van der Waals surface area contributed by atoms with Gasteiger partial charge in [0.2, 0.25) is 26.0 Å². The van der Waals surface area contributed by atoms with Gasteiger partial charge in [-0.2, -0.15) is 4.31 Å². The molecule has 10 nitrogen and oxygen atoms in total. The molecule has 1 saturated heterocycles. The summed E-state index contributed by atoms with van der Waals surface area (Å²) in [6, 6.07) is 5.44. The number of carbonyl (C=O) groups excluding carboxylic acids is 2. The van der Waals surface area contributed by atoms with Gasteiger partial charge >= 0.3 is 0 Å². The van der Waals surface area contributed by atoms with E-state index in [0.717, 1.165) is 5.41 Å². The average molecular weight is 459 g/mol. The molecule has 0 unspecified atom stereocenters. The van der Waals surface area contributed by atoms with E-state index >= 15 is 0 Å². The van der Waals surface area contributed by atoms with Crippen LogP contribution < -0.4 is 10.0 Å². The number of likely N-dealkylation sites (N-methyl/N-ethyl adjacent to an activating group) is 1. The second kappa shape index (κ2) is 9.69. The lowest BCUT2D eigenvalue weighted by Gasteiger charge is -2.17. The first-order valence-electron chi connectivity index (χ1n) is 9.17. The quantitative estimate of drug-likeness (QED) is 0.516. The predicted molar refractivity (Wildman–Crippen MR) is 111 cm³/mol. The average Bonchev–Trinajstić information content (AvgIpc) is 3.20. The van der Waals surface area contributed by atoms with Crippen molar-refractivity contribution in [2.24, 2.45) is 5.92 Å². The summed E-state index contributed by atoms with van der Waals surface area (Å²) in [5.41, 5.74) is 0.235. The van der Waals surface area contributed by atoms with Crippen LogP contribution >= 0.6 is 0 Å². The third-order valence-electron chi connectivity index (χ3n) is 4.69. The van der Waals surface area contributed by atoms with E-state index in [4.69, 9.17) is 0 Å². The maximum absolute atomic E-state index is 12.8. The van der Waals surface area contributed by atoms with Crippen LogP contribution in [0.2, 0.25) is 0 Å². The van der Waals surface area contributed by atoms with Gasteiger partial charge in [0.25, 0.3) is 5.91 Å². The molecule has 1 fully saturated rings. The second-order valence-corrected chi connectivity index (χ2v) is 10.7. The number of carbonyl (C=O) groups is 2. The largest absolute Gasteiger partial charge is 0.347 e. The first kappa shape index (κ1) is 24.0. The Balaban J connectivity index is 1.99. The van der Waals surface area contributed by atoms with E-state index in [0.29, 0.717) is 6.42 Å². The Morgan fingerprint density at radius 3 is 2.40 bits per heavy atom. The third kappa shape index (κ3) is 6.11. The molecule has 30 heavy (non-hydrogen) atoms. The van der Waals surface area contributed by atoms with Crippen LogP contribution in [0, 0.1) is 5.92 Å². The van der Waals surface area contributed by atoms with Crippen molar-refractivity contribution in [1.29, 1.82) is 0 Å². The Morgan fingerprint density at radius 1 is 1.20 bits per heavy atom. The Morgan fingerprint density at radius 2 is 1.83 bits per heavy atom. The van der Waals surface area contributed by atoms with E-state index in [2.05, 4.69) is 16.6 Å². The van der Waals surface area contributed by atoms with Gasteiger partial charge in [-0.15, -0.1) is 0 Å². The van der Waals surface area contributed by atoms with E-state index in [1.165, 1.54) is 33.5 Å². The number of hydrogen-bond donors (Lipinski definition) is 2. The first-order valence-corrected chi connectivity index (χ1v) is 12.2. The van der Waals surface area contributed by atoms with Gasteiger partial charge in [0.15, 0.2) is 0 Å². The van der Waals surface area contributed by atoms with Crippen molar-refractivity contribution in [2.45, 2.75) is 11.3 Å². The highest BCUT2D eigenvalue weighted by Crippen LogP contribution is 2.24. The minimum atomic E-state index is -3.77. The molecular formula is C18H26N4O6S2. The van der Waals surface area contributed by atoms with Crippen LogP contribution in [0.25, 0.3) is 0 Å². The summed E-state index contributed by atoms with van der Waals surface area (Å²) in [6.45, 7) is 3.66. The third-order valence-corrected chi connectivity index (χ3v) is 7.58. The summed E-state index contributed by atoms with van der Waals surface area (Å²) in [4.78, 5) is 25.0. The van der Waals surface area contributed by atoms with Crippen LogP contribution in [0.15, 0.2) is 41.1 Å². The van der Waals surface area contributed by atoms with E-state index < -0.39 is 26.0 Å². The number of amides is 2. The fourth-order valence-electron chi connectivity index (χ4n) is 2.82. The van der Waals surface area contributed by atoms with Crippen LogP contribution in [-0.2, 0) is 24.8 Å². The van der Waals surface area contributed by atoms with Crippen LogP contribution in [0.1, 0.15) is 16.8 Å². The Bertz CT molecular complexity index is 1000. The first-order chi connectivity index (χ1) is 14.0. The predicted octanol–water partition coefficient (Wildman–Crippen LogP) is -0.422. The summed E-state index contributed by atoms with van der Waals surface area (Å²) in [5.74, 6) is -0.889. The molecule has 1 heterocycles. The number of sulfonamides is 2. The number of nitrogens with zero attached hydrogens (tertiary/aromatic N) is 2. The summed E-state index contributed by atoms with van der Waals surface area (Å²) in [7, 11) is -4.17. The smallest absolute Gasteiger partial charge is 0.251 e. The minimum absolute atomic E-state index is 0.0377. The van der Waals surface area contributed by atoms with Crippen molar-refractivity contribution in [2.75, 3.05) is 40.3 Å². The van der Waals surface area contributed by atoms with Crippen LogP contribution in [-0.4, -0.2) is 78.1 Å². The lowest BCUT2D eigenvalue weighted by molar-refractivity contribution is -0.127. The van der Waals surface area contributed by atoms with Gasteiger partial charge in [-0.25, -0.2) is 21.6 Å². The molecular weight excluding hydrogens is 432 g/mol. The van der Waals surface area contributed by atoms with Gasteiger partial charge in [-0.05, 0) is 36.6 Å². The fourth-order valence-corrected chi connectivity index (χ4v) is 4.94. The molecule has 1 atom stereocenters. The molecule has 0 saturated carbocycles. The Hall–Kier alpha value is -2.28. The number of hydrogen-bond acceptors (Lipinski definition) is 6. The summed E-state index contributed by atoms with van der Waals surface area (Å²) in [5, 5.41) is 3.29. The monoisotopic (exact) mass is 458 g/mol. The van der Waals surface area contributed by atoms with E-state index in [9.17, 15) is 26.4 Å². The highest BCUT2D eigenvalue weighted by molar-refractivity contribution is 7.92. The van der Waals surface area contributed by atoms with Crippen LogP contribution in [0.4, 0.5) is 0 Å². The van der Waals surface area contributed by atoms with Gasteiger partial charge in [0.05, 0.1) is 11.4 Å². The van der Waals surface area contributed by atoms with E-state index in [1.807, 2.05) is 0 Å². The second-order valence-electron chi connectivity index (χ2n) is 7.07. The molecule has 2 N–H and O–H groups in total. The molecule has 0 aromatic heterocycles. The minimum Gasteiger partial charge on any atom is -0.347 e. The number of nitrogens with one attached hydrogen (secondary N) is 2. The topological polar surface area (TPSA) is 133 Å². The maximum atomic E-state index is 12.8. The SMILES string of the molecule is C=CS(=O)(=O)NC[C@H]1CCN(S(=O)(=O)c2ccc(C(=O)NCC(=O)N(C)C)cc2)C1. The van der Waals surface area contributed by atoms with Gasteiger partial charge in [-0.1, -0.05) is 6.58 Å². The molecule has 2 rings (SSSR count). The molecule has 0 spiro atoms. The fraction of sp³-hybridized carbons (Fsp3) is 0.444. The van der Waals surface area contributed by atoms with Crippen molar-refractivity contribution in [3.8, 4) is 0 Å². The van der Waals surface area contributed by atoms with Crippen molar-refractivity contribution in [1.82, 2.24) is 19.2 Å². The molecule has 1 aromatic carbocycles. The zero-order chi connectivity index (χ0) is 22.5. The van der Waals surface area contributed by atoms with E-state index in [-0.39, 0.29) is 48.5 Å².